The van der Waals surface area contributed by atoms with E-state index in [1.54, 1.807) is 18.3 Å². The van der Waals surface area contributed by atoms with E-state index in [2.05, 4.69) is 36.0 Å². The van der Waals surface area contributed by atoms with Gasteiger partial charge in [0.2, 0.25) is 11.7 Å². The second-order valence-corrected chi connectivity index (χ2v) is 7.00. The van der Waals surface area contributed by atoms with Gasteiger partial charge in [0, 0.05) is 29.3 Å². The molecule has 1 unspecified atom stereocenters. The molecule has 1 atom stereocenters. The summed E-state index contributed by atoms with van der Waals surface area (Å²) in [6, 6.07) is 10.2. The van der Waals surface area contributed by atoms with E-state index in [0.29, 0.717) is 17.3 Å². The van der Waals surface area contributed by atoms with Gasteiger partial charge in [0.05, 0.1) is 5.92 Å². The fourth-order valence-electron chi connectivity index (χ4n) is 3.09. The highest BCUT2D eigenvalue weighted by Crippen LogP contribution is 2.30. The highest BCUT2D eigenvalue weighted by atomic mass is 79.9. The van der Waals surface area contributed by atoms with Crippen molar-refractivity contribution in [3.8, 4) is 11.4 Å². The van der Waals surface area contributed by atoms with Crippen molar-refractivity contribution in [3.05, 3.63) is 58.8 Å². The smallest absolute Gasteiger partial charge is 0.231 e. The number of halogens is 2. The Balaban J connectivity index is 1.53. The first-order valence-corrected chi connectivity index (χ1v) is 8.94. The van der Waals surface area contributed by atoms with Gasteiger partial charge in [-0.25, -0.2) is 9.37 Å². The molecule has 0 amide bonds. The van der Waals surface area contributed by atoms with Crippen LogP contribution in [0, 0.1) is 5.82 Å². The van der Waals surface area contributed by atoms with Crippen LogP contribution in [0.2, 0.25) is 0 Å². The van der Waals surface area contributed by atoms with Gasteiger partial charge in [-0.15, -0.1) is 0 Å². The molecule has 1 aliphatic heterocycles. The van der Waals surface area contributed by atoms with E-state index in [1.165, 1.54) is 12.1 Å². The molecule has 0 bridgehead atoms. The number of benzene rings is 1. The fourth-order valence-corrected chi connectivity index (χ4v) is 3.32. The van der Waals surface area contributed by atoms with Gasteiger partial charge in [-0.1, -0.05) is 17.3 Å². The summed E-state index contributed by atoms with van der Waals surface area (Å²) in [7, 11) is 0. The Kier molecular flexibility index (Phi) is 4.48. The number of piperidine rings is 1. The van der Waals surface area contributed by atoms with Crippen LogP contribution in [-0.2, 0) is 0 Å². The Hall–Kier alpha value is -2.28. The SMILES string of the molecule is Fc1cccc(-c2noc(C3CCCN(c4ccc(Br)cn4)C3)n2)c1. The van der Waals surface area contributed by atoms with Crippen LogP contribution in [-0.4, -0.2) is 28.2 Å². The summed E-state index contributed by atoms with van der Waals surface area (Å²) in [4.78, 5) is 11.2. The molecule has 0 spiro atoms. The van der Waals surface area contributed by atoms with Gasteiger partial charge in [0.1, 0.15) is 11.6 Å². The van der Waals surface area contributed by atoms with Crippen LogP contribution in [0.4, 0.5) is 10.2 Å². The largest absolute Gasteiger partial charge is 0.356 e. The molecule has 0 N–H and O–H groups in total. The van der Waals surface area contributed by atoms with E-state index in [9.17, 15) is 4.39 Å². The maximum atomic E-state index is 13.4. The van der Waals surface area contributed by atoms with Crippen LogP contribution in [0.15, 0.2) is 51.6 Å². The lowest BCUT2D eigenvalue weighted by molar-refractivity contribution is 0.333. The van der Waals surface area contributed by atoms with E-state index in [1.807, 2.05) is 12.1 Å². The molecule has 1 aromatic carbocycles. The minimum Gasteiger partial charge on any atom is -0.356 e. The van der Waals surface area contributed by atoms with Gasteiger partial charge < -0.3 is 9.42 Å². The van der Waals surface area contributed by atoms with Crippen LogP contribution >= 0.6 is 15.9 Å². The van der Waals surface area contributed by atoms with Crippen LogP contribution in [0.5, 0.6) is 0 Å². The van der Waals surface area contributed by atoms with Crippen molar-refractivity contribution in [2.75, 3.05) is 18.0 Å². The van der Waals surface area contributed by atoms with E-state index in [-0.39, 0.29) is 11.7 Å². The van der Waals surface area contributed by atoms with Gasteiger partial charge in [-0.05, 0) is 53.0 Å². The zero-order valence-electron chi connectivity index (χ0n) is 13.4. The molecule has 3 heterocycles. The van der Waals surface area contributed by atoms with E-state index < -0.39 is 0 Å². The summed E-state index contributed by atoms with van der Waals surface area (Å²) < 4.78 is 19.8. The van der Waals surface area contributed by atoms with Gasteiger partial charge in [-0.2, -0.15) is 4.98 Å². The third-order valence-electron chi connectivity index (χ3n) is 4.33. The average molecular weight is 403 g/mol. The second-order valence-electron chi connectivity index (χ2n) is 6.09. The summed E-state index contributed by atoms with van der Waals surface area (Å²) in [5.74, 6) is 1.80. The number of anilines is 1. The number of hydrogen-bond acceptors (Lipinski definition) is 5. The highest BCUT2D eigenvalue weighted by Gasteiger charge is 2.27. The molecular weight excluding hydrogens is 387 g/mol. The van der Waals surface area contributed by atoms with E-state index >= 15 is 0 Å². The first-order chi connectivity index (χ1) is 12.2. The fraction of sp³-hybridized carbons (Fsp3) is 0.278. The Labute approximate surface area is 153 Å². The molecular formula is C18H16BrFN4O. The van der Waals surface area contributed by atoms with Crippen molar-refractivity contribution >= 4 is 21.7 Å². The maximum Gasteiger partial charge on any atom is 0.231 e. The summed E-state index contributed by atoms with van der Waals surface area (Å²) in [6.07, 6.45) is 3.81. The number of aromatic nitrogens is 3. The predicted molar refractivity (Wildman–Crippen MR) is 95.8 cm³/mol. The molecule has 1 saturated heterocycles. The Morgan fingerprint density at radius 3 is 2.96 bits per heavy atom. The number of hydrogen-bond donors (Lipinski definition) is 0. The minimum absolute atomic E-state index is 0.147. The van der Waals surface area contributed by atoms with Crippen LogP contribution in [0.1, 0.15) is 24.7 Å². The average Bonchev–Trinajstić information content (AvgIpc) is 3.13. The zero-order chi connectivity index (χ0) is 17.2. The molecule has 2 aromatic heterocycles. The molecule has 0 radical (unpaired) electrons. The van der Waals surface area contributed by atoms with Gasteiger partial charge in [0.15, 0.2) is 0 Å². The highest BCUT2D eigenvalue weighted by molar-refractivity contribution is 9.10. The van der Waals surface area contributed by atoms with E-state index in [0.717, 1.165) is 36.2 Å². The van der Waals surface area contributed by atoms with Gasteiger partial charge >= 0.3 is 0 Å². The molecule has 0 aliphatic carbocycles. The van der Waals surface area contributed by atoms with Gasteiger partial charge in [0.25, 0.3) is 0 Å². The Morgan fingerprint density at radius 2 is 2.16 bits per heavy atom. The van der Waals surface area contributed by atoms with Crippen molar-refractivity contribution in [1.82, 2.24) is 15.1 Å². The van der Waals surface area contributed by atoms with Crippen molar-refractivity contribution in [2.45, 2.75) is 18.8 Å². The lowest BCUT2D eigenvalue weighted by Gasteiger charge is -2.31. The first kappa shape index (κ1) is 16.2. The summed E-state index contributed by atoms with van der Waals surface area (Å²) >= 11 is 3.41. The van der Waals surface area contributed by atoms with Crippen molar-refractivity contribution in [1.29, 1.82) is 0 Å². The predicted octanol–water partition coefficient (Wildman–Crippen LogP) is 4.42. The quantitative estimate of drug-likeness (QED) is 0.648. The standard InChI is InChI=1S/C18H16BrFN4O/c19-14-6-7-16(21-10-14)24-8-2-4-13(11-24)18-22-17(23-25-18)12-3-1-5-15(20)9-12/h1,3,5-7,9-10,13H,2,4,8,11H2. The van der Waals surface area contributed by atoms with Crippen LogP contribution in [0.25, 0.3) is 11.4 Å². The maximum absolute atomic E-state index is 13.4. The third kappa shape index (κ3) is 3.56. The van der Waals surface area contributed by atoms with Crippen molar-refractivity contribution in [2.24, 2.45) is 0 Å². The first-order valence-electron chi connectivity index (χ1n) is 8.15. The summed E-state index contributed by atoms with van der Waals surface area (Å²) in [5.41, 5.74) is 0.622. The molecule has 0 saturated carbocycles. The number of rotatable bonds is 3. The molecule has 1 fully saturated rings. The molecule has 5 nitrogen and oxygen atoms in total. The minimum atomic E-state index is -0.311. The van der Waals surface area contributed by atoms with Crippen LogP contribution in [0.3, 0.4) is 0 Å². The van der Waals surface area contributed by atoms with E-state index in [4.69, 9.17) is 4.52 Å². The molecule has 7 heteroatoms. The van der Waals surface area contributed by atoms with Crippen molar-refractivity contribution in [3.63, 3.8) is 0 Å². The van der Waals surface area contributed by atoms with Crippen molar-refractivity contribution < 1.29 is 8.91 Å². The molecule has 25 heavy (non-hydrogen) atoms. The van der Waals surface area contributed by atoms with Crippen LogP contribution < -0.4 is 4.90 Å². The number of pyridine rings is 1. The third-order valence-corrected chi connectivity index (χ3v) is 4.80. The second kappa shape index (κ2) is 6.92. The Morgan fingerprint density at radius 1 is 1.24 bits per heavy atom. The Bertz CT molecular complexity index is 868. The number of nitrogens with zero attached hydrogens (tertiary/aromatic N) is 4. The molecule has 4 rings (SSSR count). The summed E-state index contributed by atoms with van der Waals surface area (Å²) in [6.45, 7) is 1.73. The normalized spacial score (nSPS) is 17.7. The lowest BCUT2D eigenvalue weighted by atomic mass is 9.98. The monoisotopic (exact) mass is 402 g/mol. The summed E-state index contributed by atoms with van der Waals surface area (Å²) in [5, 5.41) is 4.02. The molecule has 128 valence electrons. The van der Waals surface area contributed by atoms with Gasteiger partial charge in [-0.3, -0.25) is 0 Å². The zero-order valence-corrected chi connectivity index (χ0v) is 15.0. The lowest BCUT2D eigenvalue weighted by Crippen LogP contribution is -2.35. The molecule has 3 aromatic rings. The topological polar surface area (TPSA) is 55.1 Å². The molecule has 1 aliphatic rings.